The SMILES string of the molecule is CC(=O)OC[C@H]1O[C@@H](OCCn2cc(CCC(=O)N(CCNC(=O)OCC3c4ccccc4-c4ccccc43)CC(=O)Oc3c(F)c(F)c(F)c(F)c3F)nn2)[C@H](OC(C)=O)[C@@H](OC(C)=O)[C@@H]1OC(C)=O. The lowest BCUT2D eigenvalue weighted by atomic mass is 9.98. The normalized spacial score (nSPS) is 18.1. The summed E-state index contributed by atoms with van der Waals surface area (Å²) < 4.78 is 114. The summed E-state index contributed by atoms with van der Waals surface area (Å²) in [4.78, 5) is 88.1. The van der Waals surface area contributed by atoms with Gasteiger partial charge in [0.25, 0.3) is 0 Å². The fourth-order valence-corrected chi connectivity index (χ4v) is 7.75. The van der Waals surface area contributed by atoms with Crippen LogP contribution in [0.3, 0.4) is 0 Å². The molecule has 1 aliphatic carbocycles. The molecule has 3 aromatic carbocycles. The summed E-state index contributed by atoms with van der Waals surface area (Å²) in [5, 5.41) is 10.5. The van der Waals surface area contributed by atoms with Crippen molar-refractivity contribution in [2.75, 3.05) is 39.5 Å². The number of nitrogens with zero attached hydrogens (tertiary/aromatic N) is 4. The molecule has 1 saturated heterocycles. The van der Waals surface area contributed by atoms with E-state index in [2.05, 4.69) is 20.4 Å². The minimum atomic E-state index is -2.48. The van der Waals surface area contributed by atoms with Crippen LogP contribution in [0.5, 0.6) is 5.75 Å². The summed E-state index contributed by atoms with van der Waals surface area (Å²) in [6.45, 7) is 1.61. The van der Waals surface area contributed by atoms with Gasteiger partial charge < -0.3 is 48.1 Å². The van der Waals surface area contributed by atoms with E-state index < -0.39 is 134 Å². The minimum absolute atomic E-state index is 0.0561. The van der Waals surface area contributed by atoms with Crippen LogP contribution < -0.4 is 10.1 Å². The molecule has 1 aliphatic heterocycles. The van der Waals surface area contributed by atoms with E-state index in [4.69, 9.17) is 33.2 Å². The van der Waals surface area contributed by atoms with Gasteiger partial charge in [-0.2, -0.15) is 8.78 Å². The number of fused-ring (bicyclic) bond motifs is 3. The fraction of sp³-hybridized carbons (Fsp3) is 0.413. The summed E-state index contributed by atoms with van der Waals surface area (Å²) in [6, 6.07) is 15.2. The molecule has 25 heteroatoms. The lowest BCUT2D eigenvalue weighted by molar-refractivity contribution is -0.308. The average molecular weight is 1000 g/mol. The first-order valence-corrected chi connectivity index (χ1v) is 21.7. The van der Waals surface area contributed by atoms with Crippen LogP contribution in [0.2, 0.25) is 0 Å². The van der Waals surface area contributed by atoms with Gasteiger partial charge in [-0.25, -0.2) is 27.4 Å². The Morgan fingerprint density at radius 2 is 1.30 bits per heavy atom. The molecule has 4 aromatic rings. The molecule has 0 unspecified atom stereocenters. The largest absolute Gasteiger partial charge is 0.463 e. The Kier molecular flexibility index (Phi) is 17.7. The van der Waals surface area contributed by atoms with Crippen LogP contribution in [0.1, 0.15) is 56.9 Å². The van der Waals surface area contributed by atoms with Crippen LogP contribution in [-0.4, -0.2) is 132 Å². The first-order valence-electron chi connectivity index (χ1n) is 21.7. The van der Waals surface area contributed by atoms with Crippen molar-refractivity contribution in [2.45, 2.75) is 83.7 Å². The number of alkyl carbamates (subject to hydrolysis) is 1. The predicted octanol–water partition coefficient (Wildman–Crippen LogP) is 3.98. The summed E-state index contributed by atoms with van der Waals surface area (Å²) in [6.07, 6.45) is -7.14. The van der Waals surface area contributed by atoms with Crippen molar-refractivity contribution >= 4 is 41.8 Å². The van der Waals surface area contributed by atoms with Crippen LogP contribution in [-0.2, 0) is 74.9 Å². The number of hydrogen-bond donors (Lipinski definition) is 1. The lowest BCUT2D eigenvalue weighted by Gasteiger charge is -2.44. The second-order valence-electron chi connectivity index (χ2n) is 15.9. The summed E-state index contributed by atoms with van der Waals surface area (Å²) in [5.74, 6) is -19.9. The molecule has 1 aromatic heterocycles. The Balaban J connectivity index is 1.08. The number of esters is 5. The van der Waals surface area contributed by atoms with Gasteiger partial charge in [0.2, 0.25) is 40.7 Å². The Labute approximate surface area is 400 Å². The number of carbonyl (C=O) groups is 7. The number of halogens is 5. The summed E-state index contributed by atoms with van der Waals surface area (Å²) in [5.41, 5.74) is 4.09. The standard InChI is InChI=1S/C46H46F5N5O15/c1-23(57)65-22-33-41(67-24(2)58)43(68-25(3)59)44(69-26(4)60)45(70-33)64-18-17-56-19-27(53-54-56)13-14-34(61)55(20-35(62)71-42-39(50)37(48)36(47)38(49)40(42)51)16-15-52-46(63)66-21-32-30-11-7-5-9-28(30)29-10-6-8-12-31(29)32/h5-12,19,32-33,41,43-45H,13-18,20-22H2,1-4H3,(H,52,63)/t33-,41-,43+,44-,45-/m1/s1. The number of benzene rings is 3. The third-order valence-electron chi connectivity index (χ3n) is 10.8. The molecular formula is C46H46F5N5O15. The van der Waals surface area contributed by atoms with E-state index in [1.807, 2.05) is 48.5 Å². The molecule has 0 radical (unpaired) electrons. The van der Waals surface area contributed by atoms with Gasteiger partial charge in [0.05, 0.1) is 18.8 Å². The molecule has 5 atom stereocenters. The molecule has 1 N–H and O–H groups in total. The fourth-order valence-electron chi connectivity index (χ4n) is 7.75. The number of aromatic nitrogens is 3. The highest BCUT2D eigenvalue weighted by Crippen LogP contribution is 2.44. The molecule has 0 spiro atoms. The zero-order valence-corrected chi connectivity index (χ0v) is 38.3. The highest BCUT2D eigenvalue weighted by Gasteiger charge is 2.53. The van der Waals surface area contributed by atoms with Crippen LogP contribution in [0, 0.1) is 29.1 Å². The molecule has 71 heavy (non-hydrogen) atoms. The molecule has 2 heterocycles. The topological polar surface area (TPSA) is 239 Å². The minimum Gasteiger partial charge on any atom is -0.463 e. The van der Waals surface area contributed by atoms with Gasteiger partial charge in [-0.15, -0.1) is 5.10 Å². The van der Waals surface area contributed by atoms with E-state index in [1.165, 1.54) is 10.9 Å². The zero-order valence-electron chi connectivity index (χ0n) is 38.3. The first kappa shape index (κ1) is 52.8. The number of ether oxygens (including phenoxy) is 8. The first-order chi connectivity index (χ1) is 33.8. The molecular weight excluding hydrogens is 958 g/mol. The maximum Gasteiger partial charge on any atom is 0.407 e. The Hall–Kier alpha value is -7.54. The van der Waals surface area contributed by atoms with Crippen LogP contribution in [0.4, 0.5) is 26.7 Å². The van der Waals surface area contributed by atoms with Crippen molar-refractivity contribution in [3.8, 4) is 16.9 Å². The predicted molar refractivity (Wildman–Crippen MR) is 228 cm³/mol. The lowest BCUT2D eigenvalue weighted by Crippen LogP contribution is -2.63. The Morgan fingerprint density at radius 3 is 1.90 bits per heavy atom. The highest BCUT2D eigenvalue weighted by atomic mass is 19.2. The van der Waals surface area contributed by atoms with Crippen molar-refractivity contribution in [3.63, 3.8) is 0 Å². The van der Waals surface area contributed by atoms with E-state index in [0.29, 0.717) is 0 Å². The van der Waals surface area contributed by atoms with Gasteiger partial charge in [0.1, 0.15) is 25.9 Å². The number of aryl methyl sites for hydroxylation is 1. The van der Waals surface area contributed by atoms with Gasteiger partial charge in [-0.3, -0.25) is 24.0 Å². The van der Waals surface area contributed by atoms with Crippen molar-refractivity contribution in [3.05, 3.63) is 101 Å². The molecule has 0 bridgehead atoms. The highest BCUT2D eigenvalue weighted by molar-refractivity contribution is 5.83. The van der Waals surface area contributed by atoms with Crippen molar-refractivity contribution in [1.82, 2.24) is 25.2 Å². The Bertz CT molecular complexity index is 2580. The summed E-state index contributed by atoms with van der Waals surface area (Å²) >= 11 is 0. The zero-order chi connectivity index (χ0) is 51.5. The number of carbonyl (C=O) groups excluding carboxylic acids is 7. The van der Waals surface area contributed by atoms with E-state index in [0.717, 1.165) is 54.8 Å². The van der Waals surface area contributed by atoms with Crippen LogP contribution in [0.25, 0.3) is 11.1 Å². The quantitative estimate of drug-likeness (QED) is 0.0329. The van der Waals surface area contributed by atoms with Crippen molar-refractivity contribution in [1.29, 1.82) is 0 Å². The molecule has 1 fully saturated rings. The second kappa shape index (κ2) is 23.9. The monoisotopic (exact) mass is 1000 g/mol. The number of amides is 2. The Morgan fingerprint density at radius 1 is 0.718 bits per heavy atom. The van der Waals surface area contributed by atoms with Gasteiger partial charge in [0.15, 0.2) is 24.6 Å². The van der Waals surface area contributed by atoms with Gasteiger partial charge in [0, 0.05) is 65.7 Å². The van der Waals surface area contributed by atoms with Gasteiger partial charge in [-0.05, 0) is 22.3 Å². The maximum atomic E-state index is 14.4. The van der Waals surface area contributed by atoms with E-state index in [-0.39, 0.29) is 44.3 Å². The van der Waals surface area contributed by atoms with Crippen LogP contribution in [0.15, 0.2) is 54.7 Å². The number of nitrogens with one attached hydrogen (secondary N) is 1. The van der Waals surface area contributed by atoms with Crippen LogP contribution >= 0.6 is 0 Å². The van der Waals surface area contributed by atoms with Gasteiger partial charge >= 0.3 is 35.9 Å². The van der Waals surface area contributed by atoms with E-state index in [1.54, 1.807) is 0 Å². The van der Waals surface area contributed by atoms with E-state index in [9.17, 15) is 55.5 Å². The number of hydrogen-bond acceptors (Lipinski definition) is 17. The summed E-state index contributed by atoms with van der Waals surface area (Å²) in [7, 11) is 0. The maximum absolute atomic E-state index is 14.4. The second-order valence-corrected chi connectivity index (χ2v) is 15.9. The number of rotatable bonds is 20. The third-order valence-corrected chi connectivity index (χ3v) is 10.8. The molecule has 20 nitrogen and oxygen atoms in total. The van der Waals surface area contributed by atoms with E-state index >= 15 is 0 Å². The molecule has 2 aliphatic rings. The third kappa shape index (κ3) is 13.4. The van der Waals surface area contributed by atoms with Crippen molar-refractivity contribution < 1.29 is 93.4 Å². The molecule has 0 saturated carbocycles. The van der Waals surface area contributed by atoms with Crippen molar-refractivity contribution in [2.24, 2.45) is 0 Å². The molecule has 380 valence electrons. The van der Waals surface area contributed by atoms with Gasteiger partial charge in [-0.1, -0.05) is 53.7 Å². The molecule has 2 amide bonds. The average Bonchev–Trinajstić information content (AvgIpc) is 3.92. The molecule has 6 rings (SSSR count). The smallest absolute Gasteiger partial charge is 0.407 e.